The van der Waals surface area contributed by atoms with E-state index in [2.05, 4.69) is 20.0 Å². The molecule has 0 aliphatic carbocycles. The maximum atomic E-state index is 6.40. The summed E-state index contributed by atoms with van der Waals surface area (Å²) in [4.78, 5) is 10.9. The number of likely N-dealkylation sites (tertiary alicyclic amines) is 1. The van der Waals surface area contributed by atoms with Crippen molar-refractivity contribution in [2.45, 2.75) is 18.9 Å². The lowest BCUT2D eigenvalue weighted by Crippen LogP contribution is -2.20. The summed E-state index contributed by atoms with van der Waals surface area (Å²) in [6.07, 6.45) is 4.41. The van der Waals surface area contributed by atoms with E-state index >= 15 is 0 Å². The Morgan fingerprint density at radius 1 is 1.15 bits per heavy atom. The Bertz CT molecular complexity index is 963. The van der Waals surface area contributed by atoms with Crippen LogP contribution in [-0.4, -0.2) is 39.9 Å². The molecule has 0 bridgehead atoms. The molecule has 1 atom stereocenters. The van der Waals surface area contributed by atoms with Crippen molar-refractivity contribution < 1.29 is 14.0 Å². The molecule has 4 heterocycles. The maximum Gasteiger partial charge on any atom is 0.231 e. The van der Waals surface area contributed by atoms with Gasteiger partial charge in [0.25, 0.3) is 0 Å². The van der Waals surface area contributed by atoms with E-state index in [1.807, 2.05) is 24.3 Å². The smallest absolute Gasteiger partial charge is 0.231 e. The van der Waals surface area contributed by atoms with Crippen molar-refractivity contribution in [3.8, 4) is 22.9 Å². The van der Waals surface area contributed by atoms with Crippen LogP contribution in [-0.2, 0) is 6.54 Å². The molecule has 1 aromatic carbocycles. The van der Waals surface area contributed by atoms with Gasteiger partial charge in [0.15, 0.2) is 11.5 Å². The van der Waals surface area contributed by atoms with Gasteiger partial charge in [0.05, 0.1) is 5.92 Å². The van der Waals surface area contributed by atoms with Crippen LogP contribution in [0.1, 0.15) is 23.8 Å². The number of rotatable bonds is 4. The molecule has 2 aliphatic heterocycles. The number of pyridine rings is 1. The first kappa shape index (κ1) is 16.5. The molecule has 5 rings (SSSR count). The molecular weight excluding hydrogens is 368 g/mol. The SMILES string of the molecule is Clc1cc2c(cc1CN1CCC(c3nc(-c4ccncc4)no3)C1)OCO2. The van der Waals surface area contributed by atoms with Gasteiger partial charge in [0, 0.05) is 42.1 Å². The van der Waals surface area contributed by atoms with E-state index in [0.29, 0.717) is 22.5 Å². The zero-order valence-corrected chi connectivity index (χ0v) is 15.2. The summed E-state index contributed by atoms with van der Waals surface area (Å²) < 4.78 is 16.3. The van der Waals surface area contributed by atoms with E-state index < -0.39 is 0 Å². The van der Waals surface area contributed by atoms with Crippen LogP contribution in [0, 0.1) is 0 Å². The van der Waals surface area contributed by atoms with Crippen LogP contribution in [0.2, 0.25) is 5.02 Å². The molecule has 8 heteroatoms. The summed E-state index contributed by atoms with van der Waals surface area (Å²) in [6, 6.07) is 7.53. The number of hydrogen-bond acceptors (Lipinski definition) is 7. The van der Waals surface area contributed by atoms with E-state index in [1.165, 1.54) is 0 Å². The average molecular weight is 385 g/mol. The number of fused-ring (bicyclic) bond motifs is 1. The van der Waals surface area contributed by atoms with Gasteiger partial charge in [-0.2, -0.15) is 4.98 Å². The van der Waals surface area contributed by atoms with Gasteiger partial charge in [-0.3, -0.25) is 9.88 Å². The van der Waals surface area contributed by atoms with E-state index in [1.54, 1.807) is 12.4 Å². The number of hydrogen-bond donors (Lipinski definition) is 0. The maximum absolute atomic E-state index is 6.40. The van der Waals surface area contributed by atoms with Crippen LogP contribution < -0.4 is 9.47 Å². The highest BCUT2D eigenvalue weighted by Gasteiger charge is 2.29. The summed E-state index contributed by atoms with van der Waals surface area (Å²) in [6.45, 7) is 2.79. The van der Waals surface area contributed by atoms with E-state index in [0.717, 1.165) is 42.9 Å². The summed E-state index contributed by atoms with van der Waals surface area (Å²) in [5, 5.41) is 4.80. The first-order chi connectivity index (χ1) is 13.3. The molecule has 0 saturated carbocycles. The fourth-order valence-electron chi connectivity index (χ4n) is 3.52. The van der Waals surface area contributed by atoms with Crippen molar-refractivity contribution in [2.75, 3.05) is 19.9 Å². The molecule has 1 fully saturated rings. The second kappa shape index (κ2) is 6.83. The van der Waals surface area contributed by atoms with Crippen LogP contribution in [0.5, 0.6) is 11.5 Å². The molecular formula is C19H17ClN4O3. The van der Waals surface area contributed by atoms with Crippen molar-refractivity contribution in [2.24, 2.45) is 0 Å². The lowest BCUT2D eigenvalue weighted by atomic mass is 10.1. The predicted molar refractivity (Wildman–Crippen MR) is 97.7 cm³/mol. The Hall–Kier alpha value is -2.64. The molecule has 0 amide bonds. The zero-order valence-electron chi connectivity index (χ0n) is 14.5. The third kappa shape index (κ3) is 3.24. The Balaban J connectivity index is 1.28. The topological polar surface area (TPSA) is 73.5 Å². The molecule has 27 heavy (non-hydrogen) atoms. The van der Waals surface area contributed by atoms with Crippen molar-refractivity contribution in [3.05, 3.63) is 53.1 Å². The number of aromatic nitrogens is 3. The zero-order chi connectivity index (χ0) is 18.2. The van der Waals surface area contributed by atoms with Crippen molar-refractivity contribution >= 4 is 11.6 Å². The van der Waals surface area contributed by atoms with Gasteiger partial charge >= 0.3 is 0 Å². The van der Waals surface area contributed by atoms with Gasteiger partial charge in [-0.1, -0.05) is 16.8 Å². The largest absolute Gasteiger partial charge is 0.454 e. The van der Waals surface area contributed by atoms with Crippen molar-refractivity contribution in [1.82, 2.24) is 20.0 Å². The van der Waals surface area contributed by atoms with Crippen molar-refractivity contribution in [1.29, 1.82) is 0 Å². The first-order valence-corrected chi connectivity index (χ1v) is 9.18. The second-order valence-electron chi connectivity index (χ2n) is 6.71. The molecule has 2 aromatic heterocycles. The van der Waals surface area contributed by atoms with E-state index in [-0.39, 0.29) is 12.7 Å². The predicted octanol–water partition coefficient (Wildman–Crippen LogP) is 3.50. The normalized spacial score (nSPS) is 18.9. The Morgan fingerprint density at radius 3 is 2.81 bits per heavy atom. The van der Waals surface area contributed by atoms with Gasteiger partial charge in [-0.25, -0.2) is 0 Å². The second-order valence-corrected chi connectivity index (χ2v) is 7.12. The minimum atomic E-state index is 0.223. The summed E-state index contributed by atoms with van der Waals surface area (Å²) >= 11 is 6.40. The van der Waals surface area contributed by atoms with E-state index in [9.17, 15) is 0 Å². The highest BCUT2D eigenvalue weighted by atomic mass is 35.5. The van der Waals surface area contributed by atoms with Gasteiger partial charge in [-0.05, 0) is 36.7 Å². The monoisotopic (exact) mass is 384 g/mol. The van der Waals surface area contributed by atoms with Crippen LogP contribution in [0.15, 0.2) is 41.2 Å². The molecule has 138 valence electrons. The molecule has 1 saturated heterocycles. The third-order valence-electron chi connectivity index (χ3n) is 4.94. The molecule has 0 radical (unpaired) electrons. The molecule has 1 unspecified atom stereocenters. The highest BCUT2D eigenvalue weighted by Crippen LogP contribution is 2.38. The first-order valence-electron chi connectivity index (χ1n) is 8.80. The van der Waals surface area contributed by atoms with Gasteiger partial charge in [-0.15, -0.1) is 0 Å². The molecule has 0 N–H and O–H groups in total. The molecule has 2 aliphatic rings. The number of ether oxygens (including phenoxy) is 2. The van der Waals surface area contributed by atoms with Gasteiger partial charge in [0.2, 0.25) is 18.5 Å². The Kier molecular flexibility index (Phi) is 4.18. The van der Waals surface area contributed by atoms with Crippen LogP contribution in [0.25, 0.3) is 11.4 Å². The number of benzene rings is 1. The third-order valence-corrected chi connectivity index (χ3v) is 5.29. The minimum Gasteiger partial charge on any atom is -0.454 e. The molecule has 7 nitrogen and oxygen atoms in total. The highest BCUT2D eigenvalue weighted by molar-refractivity contribution is 6.31. The summed E-state index contributed by atoms with van der Waals surface area (Å²) in [5.74, 6) is 2.97. The van der Waals surface area contributed by atoms with Gasteiger partial charge in [0.1, 0.15) is 0 Å². The fraction of sp³-hybridized carbons (Fsp3) is 0.316. The molecule has 0 spiro atoms. The lowest BCUT2D eigenvalue weighted by Gasteiger charge is -2.16. The summed E-state index contributed by atoms with van der Waals surface area (Å²) in [5.41, 5.74) is 1.94. The quantitative estimate of drug-likeness (QED) is 0.681. The molecule has 3 aromatic rings. The van der Waals surface area contributed by atoms with E-state index in [4.69, 9.17) is 25.6 Å². The van der Waals surface area contributed by atoms with Crippen LogP contribution in [0.4, 0.5) is 0 Å². The fourth-order valence-corrected chi connectivity index (χ4v) is 3.73. The minimum absolute atomic E-state index is 0.223. The summed E-state index contributed by atoms with van der Waals surface area (Å²) in [7, 11) is 0. The van der Waals surface area contributed by atoms with Crippen molar-refractivity contribution in [3.63, 3.8) is 0 Å². The van der Waals surface area contributed by atoms with Crippen LogP contribution >= 0.6 is 11.6 Å². The Morgan fingerprint density at radius 2 is 1.96 bits per heavy atom. The Labute approximate surface area is 160 Å². The standard InChI is InChI=1S/C19H17ClN4O3/c20-15-8-17-16(25-11-26-17)7-14(15)10-24-6-3-13(9-24)19-22-18(23-27-19)12-1-4-21-5-2-12/h1-2,4-5,7-8,13H,3,6,9-11H2. The lowest BCUT2D eigenvalue weighted by molar-refractivity contribution is 0.174. The van der Waals surface area contributed by atoms with Crippen LogP contribution in [0.3, 0.4) is 0 Å². The van der Waals surface area contributed by atoms with Gasteiger partial charge < -0.3 is 14.0 Å². The average Bonchev–Trinajstić information content (AvgIpc) is 3.43. The number of nitrogens with zero attached hydrogens (tertiary/aromatic N) is 4. The number of halogens is 1.